The number of anilines is 1. The molecule has 4 aromatic rings. The summed E-state index contributed by atoms with van der Waals surface area (Å²) in [6, 6.07) is 7.24. The molecule has 0 amide bonds. The highest BCUT2D eigenvalue weighted by molar-refractivity contribution is 6.04. The lowest BCUT2D eigenvalue weighted by Crippen LogP contribution is -2.56. The number of nitrogens with zero attached hydrogens (tertiary/aromatic N) is 6. The number of piperazine rings is 1. The molecule has 2 N–H and O–H groups in total. The lowest BCUT2D eigenvalue weighted by atomic mass is 9.95. The van der Waals surface area contributed by atoms with Gasteiger partial charge < -0.3 is 29.7 Å². The summed E-state index contributed by atoms with van der Waals surface area (Å²) in [7, 11) is 1.41. The molecule has 5 unspecified atom stereocenters. The minimum Gasteiger partial charge on any atom is -0.508 e. The van der Waals surface area contributed by atoms with Gasteiger partial charge in [0.2, 0.25) is 5.88 Å². The van der Waals surface area contributed by atoms with Gasteiger partial charge in [0, 0.05) is 67.6 Å². The molecule has 54 heavy (non-hydrogen) atoms. The SMILES string of the molecule is C#Cc1c(F)ccc2cc(O)cc(-c3nc(OC)c4c(N5CC(C)NC(CCC(=O)C(C)C#N)C5)nc(OCC5(CN6CC7CC7C6)CC5)nc4c3F)c12. The number of hydrogen-bond acceptors (Lipinski definition) is 11. The summed E-state index contributed by atoms with van der Waals surface area (Å²) in [6.07, 6.45) is 9.85. The molecule has 2 aliphatic heterocycles. The predicted molar refractivity (Wildman–Crippen MR) is 199 cm³/mol. The number of halogens is 2. The Morgan fingerprint density at radius 2 is 1.93 bits per heavy atom. The molecule has 4 heterocycles. The number of aromatic hydroxyl groups is 1. The van der Waals surface area contributed by atoms with Crippen LogP contribution in [0.4, 0.5) is 14.6 Å². The van der Waals surface area contributed by atoms with Crippen LogP contribution in [0.5, 0.6) is 17.6 Å². The third kappa shape index (κ3) is 6.76. The van der Waals surface area contributed by atoms with Crippen LogP contribution in [0.25, 0.3) is 32.9 Å². The van der Waals surface area contributed by atoms with E-state index in [2.05, 4.69) is 26.1 Å². The fourth-order valence-corrected chi connectivity index (χ4v) is 8.45. The quantitative estimate of drug-likeness (QED) is 0.176. The van der Waals surface area contributed by atoms with Crippen molar-refractivity contribution in [1.82, 2.24) is 25.2 Å². The van der Waals surface area contributed by atoms with E-state index in [1.807, 2.05) is 17.9 Å². The third-order valence-electron chi connectivity index (χ3n) is 11.6. The zero-order valence-corrected chi connectivity index (χ0v) is 30.7. The van der Waals surface area contributed by atoms with Gasteiger partial charge in [-0.05, 0) is 75.0 Å². The summed E-state index contributed by atoms with van der Waals surface area (Å²) in [6.45, 7) is 8.09. The number of nitrogens with one attached hydrogen (secondary N) is 1. The maximum Gasteiger partial charge on any atom is 0.319 e. The highest BCUT2D eigenvalue weighted by Crippen LogP contribution is 2.51. The van der Waals surface area contributed by atoms with Gasteiger partial charge in [-0.2, -0.15) is 15.2 Å². The Bertz CT molecular complexity index is 2240. The van der Waals surface area contributed by atoms with Crippen LogP contribution in [-0.2, 0) is 4.79 Å². The molecule has 2 aromatic carbocycles. The zero-order valence-electron chi connectivity index (χ0n) is 30.7. The van der Waals surface area contributed by atoms with Crippen molar-refractivity contribution in [2.24, 2.45) is 23.2 Å². The Balaban J connectivity index is 1.22. The second-order valence-electron chi connectivity index (χ2n) is 15.8. The van der Waals surface area contributed by atoms with E-state index in [-0.39, 0.29) is 80.5 Å². The first kappa shape index (κ1) is 35.9. The summed E-state index contributed by atoms with van der Waals surface area (Å²) in [4.78, 5) is 31.3. The van der Waals surface area contributed by atoms with Crippen LogP contribution in [0.3, 0.4) is 0 Å². The van der Waals surface area contributed by atoms with Crippen LogP contribution < -0.4 is 19.7 Å². The Morgan fingerprint density at radius 1 is 1.15 bits per heavy atom. The number of benzene rings is 2. The molecule has 0 bridgehead atoms. The number of phenolic OH excluding ortho intramolecular Hbond substituents is 1. The minimum absolute atomic E-state index is 0.00281. The number of carbonyl (C=O) groups excluding carboxylic acids is 1. The van der Waals surface area contributed by atoms with Crippen molar-refractivity contribution in [2.75, 3.05) is 51.3 Å². The Hall–Kier alpha value is -5.11. The molecule has 11 nitrogen and oxygen atoms in total. The van der Waals surface area contributed by atoms with Gasteiger partial charge in [-0.3, -0.25) is 4.79 Å². The summed E-state index contributed by atoms with van der Waals surface area (Å²) >= 11 is 0. The molecule has 4 aliphatic rings. The lowest BCUT2D eigenvalue weighted by Gasteiger charge is -2.39. The average Bonchev–Trinajstić information content (AvgIpc) is 4.07. The number of ether oxygens (including phenoxy) is 2. The normalized spacial score (nSPS) is 23.4. The van der Waals surface area contributed by atoms with Gasteiger partial charge >= 0.3 is 6.01 Å². The molecule has 4 fully saturated rings. The number of methoxy groups -OCH3 is 1. The highest BCUT2D eigenvalue weighted by Gasteiger charge is 2.51. The standard InChI is InChI=1S/C41H43F2N7O4/c1-5-29-31(42)8-6-24-13-28(51)14-30(33(24)29)36-35(43)37-34(39(46-36)53-4)38(50-16-23(3)45-27(19-50)7-9-32(52)22(2)15-44)48-40(47-37)54-21-41(10-11-41)20-49-17-25-12-26(25)18-49/h1,6,8,13-14,22-23,25-27,45,51H,7,9-12,16-21H2,2-4H3. The Kier molecular flexibility index (Phi) is 9.27. The van der Waals surface area contributed by atoms with E-state index in [9.17, 15) is 15.2 Å². The van der Waals surface area contributed by atoms with Crippen molar-refractivity contribution in [3.05, 3.63) is 41.5 Å². The van der Waals surface area contributed by atoms with E-state index in [0.29, 0.717) is 37.3 Å². The van der Waals surface area contributed by atoms with E-state index in [0.717, 1.165) is 44.3 Å². The number of ketones is 1. The van der Waals surface area contributed by atoms with Crippen LogP contribution in [0.15, 0.2) is 24.3 Å². The number of terminal acetylenes is 1. The largest absolute Gasteiger partial charge is 0.508 e. The number of aromatic nitrogens is 3. The second kappa shape index (κ2) is 13.9. The molecule has 2 aromatic heterocycles. The molecule has 8 rings (SSSR count). The molecular weight excluding hydrogens is 692 g/mol. The van der Waals surface area contributed by atoms with Gasteiger partial charge in [-0.1, -0.05) is 12.0 Å². The number of Topliss-reactive ketones (excluding diaryl/α,β-unsaturated/α-hetero) is 1. The van der Waals surface area contributed by atoms with Gasteiger partial charge in [-0.15, -0.1) is 6.42 Å². The monoisotopic (exact) mass is 735 g/mol. The number of fused-ring (bicyclic) bond motifs is 3. The third-order valence-corrected chi connectivity index (χ3v) is 11.6. The van der Waals surface area contributed by atoms with Crippen LogP contribution in [-0.4, -0.2) is 89.3 Å². The number of carbonyl (C=O) groups is 1. The fourth-order valence-electron chi connectivity index (χ4n) is 8.45. The average molecular weight is 736 g/mol. The van der Waals surface area contributed by atoms with Crippen molar-refractivity contribution in [1.29, 1.82) is 5.26 Å². The number of likely N-dealkylation sites (tertiary alicyclic amines) is 1. The number of hydrogen-bond donors (Lipinski definition) is 2. The first-order chi connectivity index (χ1) is 26.0. The number of pyridine rings is 1. The number of phenols is 1. The van der Waals surface area contributed by atoms with Gasteiger partial charge in [0.15, 0.2) is 5.82 Å². The predicted octanol–water partition coefficient (Wildman–Crippen LogP) is 5.61. The van der Waals surface area contributed by atoms with Gasteiger partial charge in [0.05, 0.1) is 25.3 Å². The van der Waals surface area contributed by atoms with Gasteiger partial charge in [0.25, 0.3) is 0 Å². The minimum atomic E-state index is -0.841. The van der Waals surface area contributed by atoms with Crippen LogP contribution in [0.1, 0.15) is 51.5 Å². The maximum atomic E-state index is 17.3. The Labute approximate surface area is 312 Å². The van der Waals surface area contributed by atoms with Crippen LogP contribution in [0, 0.1) is 58.5 Å². The first-order valence-electron chi connectivity index (χ1n) is 18.7. The van der Waals surface area contributed by atoms with E-state index in [4.69, 9.17) is 20.9 Å². The van der Waals surface area contributed by atoms with Crippen molar-refractivity contribution < 1.29 is 28.2 Å². The van der Waals surface area contributed by atoms with E-state index in [1.165, 1.54) is 37.8 Å². The maximum absolute atomic E-state index is 17.3. The molecule has 280 valence electrons. The topological polar surface area (TPSA) is 137 Å². The fraction of sp³-hybridized carbons (Fsp3) is 0.488. The number of nitriles is 1. The molecule has 13 heteroatoms. The lowest BCUT2D eigenvalue weighted by molar-refractivity contribution is -0.121. The molecule has 2 aliphatic carbocycles. The summed E-state index contributed by atoms with van der Waals surface area (Å²) in [5.41, 5.74) is -0.389. The van der Waals surface area contributed by atoms with E-state index < -0.39 is 17.6 Å². The molecule has 2 saturated carbocycles. The molecule has 0 radical (unpaired) electrons. The van der Waals surface area contributed by atoms with Crippen molar-refractivity contribution in [3.8, 4) is 47.3 Å². The van der Waals surface area contributed by atoms with Gasteiger partial charge in [0.1, 0.15) is 45.7 Å². The number of rotatable bonds is 12. The zero-order chi connectivity index (χ0) is 37.9. The molecular formula is C41H43F2N7O4. The van der Waals surface area contributed by atoms with Gasteiger partial charge in [-0.25, -0.2) is 13.8 Å². The summed E-state index contributed by atoms with van der Waals surface area (Å²) < 4.78 is 44.5. The molecule has 5 atom stereocenters. The first-order valence-corrected chi connectivity index (χ1v) is 18.7. The second-order valence-corrected chi connectivity index (χ2v) is 15.8. The van der Waals surface area contributed by atoms with E-state index in [1.54, 1.807) is 6.92 Å². The van der Waals surface area contributed by atoms with Crippen molar-refractivity contribution in [2.45, 2.75) is 58.0 Å². The summed E-state index contributed by atoms with van der Waals surface area (Å²) in [5, 5.41) is 24.3. The van der Waals surface area contributed by atoms with Crippen molar-refractivity contribution in [3.63, 3.8) is 0 Å². The van der Waals surface area contributed by atoms with Crippen LogP contribution in [0.2, 0.25) is 0 Å². The summed E-state index contributed by atoms with van der Waals surface area (Å²) in [5.74, 6) is 1.89. The molecule has 0 spiro atoms. The smallest absolute Gasteiger partial charge is 0.319 e. The highest BCUT2D eigenvalue weighted by atomic mass is 19.1. The van der Waals surface area contributed by atoms with Crippen molar-refractivity contribution >= 4 is 33.3 Å². The number of piperidine rings is 1. The molecule has 2 saturated heterocycles. The van der Waals surface area contributed by atoms with Crippen LogP contribution >= 0.6 is 0 Å². The Morgan fingerprint density at radius 3 is 2.63 bits per heavy atom. The van der Waals surface area contributed by atoms with E-state index >= 15 is 8.78 Å².